The van der Waals surface area contributed by atoms with Gasteiger partial charge in [0.25, 0.3) is 0 Å². The summed E-state index contributed by atoms with van der Waals surface area (Å²) in [5, 5.41) is 0. The van der Waals surface area contributed by atoms with E-state index in [1.165, 1.54) is 5.56 Å². The van der Waals surface area contributed by atoms with E-state index in [0.717, 1.165) is 11.3 Å². The molecule has 1 aromatic carbocycles. The second-order valence-electron chi connectivity index (χ2n) is 2.45. The van der Waals surface area contributed by atoms with Gasteiger partial charge in [0.1, 0.15) is 6.61 Å². The lowest BCUT2D eigenvalue weighted by Gasteiger charge is -1.92. The van der Waals surface area contributed by atoms with E-state index in [1.54, 1.807) is 0 Å². The van der Waals surface area contributed by atoms with Crippen LogP contribution in [-0.2, 0) is 11.3 Å². The standard InChI is InChI=1S/C10H8O/c1-2-10-9-6-4-3-5-8(9)7-11-10/h3-6H,1,7H2. The van der Waals surface area contributed by atoms with Gasteiger partial charge < -0.3 is 4.74 Å². The first kappa shape index (κ1) is 6.26. The second kappa shape index (κ2) is 2.30. The minimum absolute atomic E-state index is 0.661. The highest BCUT2D eigenvalue weighted by Gasteiger charge is 2.14. The van der Waals surface area contributed by atoms with Crippen LogP contribution in [0.3, 0.4) is 0 Å². The summed E-state index contributed by atoms with van der Waals surface area (Å²) in [5.74, 6) is 0.778. The predicted molar refractivity (Wildman–Crippen MR) is 43.8 cm³/mol. The largest absolute Gasteiger partial charge is 0.481 e. The molecule has 1 heterocycles. The minimum atomic E-state index is 0.661. The minimum Gasteiger partial charge on any atom is -0.481 e. The fourth-order valence-electron chi connectivity index (χ4n) is 1.24. The van der Waals surface area contributed by atoms with Crippen LogP contribution in [-0.4, -0.2) is 0 Å². The van der Waals surface area contributed by atoms with Crippen molar-refractivity contribution in [3.63, 3.8) is 0 Å². The Balaban J connectivity index is 2.64. The fraction of sp³-hybridized carbons (Fsp3) is 0.100. The molecule has 0 bridgehead atoms. The first-order valence-electron chi connectivity index (χ1n) is 3.53. The average molecular weight is 144 g/mol. The van der Waals surface area contributed by atoms with Gasteiger partial charge in [-0.3, -0.25) is 0 Å². The van der Waals surface area contributed by atoms with Crippen molar-refractivity contribution < 1.29 is 4.74 Å². The average Bonchev–Trinajstić information content (AvgIpc) is 2.47. The molecule has 0 unspecified atom stereocenters. The number of fused-ring (bicyclic) bond motifs is 1. The van der Waals surface area contributed by atoms with Gasteiger partial charge in [-0.1, -0.05) is 36.6 Å². The lowest BCUT2D eigenvalue weighted by Crippen LogP contribution is -1.76. The molecule has 54 valence electrons. The monoisotopic (exact) mass is 144 g/mol. The number of rotatable bonds is 0. The van der Waals surface area contributed by atoms with Gasteiger partial charge in [0, 0.05) is 11.1 Å². The molecule has 0 fully saturated rings. The molecule has 0 radical (unpaired) electrons. The highest BCUT2D eigenvalue weighted by Crippen LogP contribution is 2.27. The van der Waals surface area contributed by atoms with Crippen molar-refractivity contribution in [3.05, 3.63) is 47.7 Å². The van der Waals surface area contributed by atoms with Gasteiger partial charge in [0.05, 0.1) is 0 Å². The molecule has 0 spiro atoms. The van der Waals surface area contributed by atoms with Crippen LogP contribution in [0, 0.1) is 0 Å². The van der Waals surface area contributed by atoms with Crippen LogP contribution in [0.5, 0.6) is 0 Å². The molecule has 1 heteroatoms. The van der Waals surface area contributed by atoms with Crippen LogP contribution in [0.4, 0.5) is 0 Å². The Bertz CT molecular complexity index is 332. The molecule has 0 aliphatic carbocycles. The Labute approximate surface area is 65.6 Å². The van der Waals surface area contributed by atoms with Crippen LogP contribution in [0.1, 0.15) is 11.1 Å². The predicted octanol–water partition coefficient (Wildman–Crippen LogP) is 2.34. The lowest BCUT2D eigenvalue weighted by molar-refractivity contribution is 0.286. The second-order valence-corrected chi connectivity index (χ2v) is 2.45. The van der Waals surface area contributed by atoms with E-state index in [9.17, 15) is 0 Å². The van der Waals surface area contributed by atoms with Crippen LogP contribution < -0.4 is 0 Å². The van der Waals surface area contributed by atoms with Gasteiger partial charge in [0.2, 0.25) is 0 Å². The number of benzene rings is 1. The van der Waals surface area contributed by atoms with E-state index in [1.807, 2.05) is 18.2 Å². The molecule has 1 aromatic rings. The zero-order chi connectivity index (χ0) is 7.68. The van der Waals surface area contributed by atoms with E-state index in [2.05, 4.69) is 18.4 Å². The summed E-state index contributed by atoms with van der Waals surface area (Å²) in [7, 11) is 0. The molecule has 0 atom stereocenters. The molecule has 1 aliphatic rings. The molecular weight excluding hydrogens is 136 g/mol. The van der Waals surface area contributed by atoms with Crippen molar-refractivity contribution in [3.8, 4) is 0 Å². The number of ether oxygens (including phenoxy) is 1. The first-order valence-corrected chi connectivity index (χ1v) is 3.53. The Morgan fingerprint density at radius 3 is 3.00 bits per heavy atom. The number of hydrogen-bond donors (Lipinski definition) is 0. The van der Waals surface area contributed by atoms with E-state index in [4.69, 9.17) is 4.74 Å². The van der Waals surface area contributed by atoms with Gasteiger partial charge in [-0.2, -0.15) is 0 Å². The van der Waals surface area contributed by atoms with Crippen molar-refractivity contribution in [2.75, 3.05) is 0 Å². The van der Waals surface area contributed by atoms with Crippen LogP contribution in [0.25, 0.3) is 5.76 Å². The SMILES string of the molecule is C=C=C1OCc2ccccc21. The Morgan fingerprint density at radius 2 is 2.18 bits per heavy atom. The molecule has 2 rings (SSSR count). The Hall–Kier alpha value is -1.46. The van der Waals surface area contributed by atoms with Crippen molar-refractivity contribution in [1.82, 2.24) is 0 Å². The summed E-state index contributed by atoms with van der Waals surface area (Å²) in [5.41, 5.74) is 5.11. The molecule has 0 saturated carbocycles. The van der Waals surface area contributed by atoms with Gasteiger partial charge in [-0.25, -0.2) is 0 Å². The van der Waals surface area contributed by atoms with Gasteiger partial charge in [-0.05, 0) is 0 Å². The van der Waals surface area contributed by atoms with Crippen LogP contribution in [0.15, 0.2) is 36.6 Å². The molecular formula is C10H8O. The molecule has 0 amide bonds. The Morgan fingerprint density at radius 1 is 1.36 bits per heavy atom. The third kappa shape index (κ3) is 0.866. The van der Waals surface area contributed by atoms with Crippen molar-refractivity contribution in [2.24, 2.45) is 0 Å². The van der Waals surface area contributed by atoms with Crippen molar-refractivity contribution in [1.29, 1.82) is 0 Å². The maximum Gasteiger partial charge on any atom is 0.169 e. The third-order valence-corrected chi connectivity index (χ3v) is 1.79. The molecule has 1 aliphatic heterocycles. The van der Waals surface area contributed by atoms with E-state index < -0.39 is 0 Å². The molecule has 11 heavy (non-hydrogen) atoms. The van der Waals surface area contributed by atoms with Crippen LogP contribution >= 0.6 is 0 Å². The molecule has 1 nitrogen and oxygen atoms in total. The normalized spacial score (nSPS) is 13.6. The highest BCUT2D eigenvalue weighted by atomic mass is 16.5. The lowest BCUT2D eigenvalue weighted by atomic mass is 10.1. The summed E-state index contributed by atoms with van der Waals surface area (Å²) in [6.45, 7) is 4.22. The molecule has 0 aromatic heterocycles. The van der Waals surface area contributed by atoms with Gasteiger partial charge in [-0.15, -0.1) is 0 Å². The van der Waals surface area contributed by atoms with Crippen molar-refractivity contribution in [2.45, 2.75) is 6.61 Å². The van der Waals surface area contributed by atoms with Gasteiger partial charge >= 0.3 is 0 Å². The summed E-state index contributed by atoms with van der Waals surface area (Å²) < 4.78 is 5.32. The maximum absolute atomic E-state index is 5.32. The molecule has 0 N–H and O–H groups in total. The topological polar surface area (TPSA) is 9.23 Å². The smallest absolute Gasteiger partial charge is 0.169 e. The zero-order valence-electron chi connectivity index (χ0n) is 6.13. The van der Waals surface area contributed by atoms with E-state index in [0.29, 0.717) is 6.61 Å². The third-order valence-electron chi connectivity index (χ3n) is 1.79. The van der Waals surface area contributed by atoms with E-state index >= 15 is 0 Å². The number of hydrogen-bond acceptors (Lipinski definition) is 1. The molecule has 0 saturated heterocycles. The summed E-state index contributed by atoms with van der Waals surface area (Å²) in [4.78, 5) is 0. The van der Waals surface area contributed by atoms with Gasteiger partial charge in [0.15, 0.2) is 5.76 Å². The van der Waals surface area contributed by atoms with Crippen LogP contribution in [0.2, 0.25) is 0 Å². The van der Waals surface area contributed by atoms with E-state index in [-0.39, 0.29) is 0 Å². The first-order chi connectivity index (χ1) is 5.42. The fourth-order valence-corrected chi connectivity index (χ4v) is 1.24. The quantitative estimate of drug-likeness (QED) is 0.508. The summed E-state index contributed by atoms with van der Waals surface area (Å²) in [6.07, 6.45) is 0. The Kier molecular flexibility index (Phi) is 1.31. The maximum atomic E-state index is 5.32. The van der Waals surface area contributed by atoms with Crippen molar-refractivity contribution >= 4 is 5.76 Å². The summed E-state index contributed by atoms with van der Waals surface area (Å²) >= 11 is 0. The summed E-state index contributed by atoms with van der Waals surface area (Å²) in [6, 6.07) is 8.08. The highest BCUT2D eigenvalue weighted by molar-refractivity contribution is 5.65. The zero-order valence-corrected chi connectivity index (χ0v) is 6.13.